The molecule has 0 unspecified atom stereocenters. The number of fused-ring (bicyclic) bond motifs is 1. The third kappa shape index (κ3) is 4.96. The van der Waals surface area contributed by atoms with Gasteiger partial charge in [-0.1, -0.05) is 0 Å². The number of amides is 1. The van der Waals surface area contributed by atoms with Gasteiger partial charge in [-0.3, -0.25) is 4.79 Å². The van der Waals surface area contributed by atoms with Gasteiger partial charge in [-0.25, -0.2) is 9.78 Å². The maximum atomic E-state index is 12.9. The van der Waals surface area contributed by atoms with Crippen LogP contribution in [0, 0.1) is 0 Å². The fraction of sp³-hybridized carbons (Fsp3) is 0.222. The summed E-state index contributed by atoms with van der Waals surface area (Å²) < 4.78 is 10.2. The van der Waals surface area contributed by atoms with E-state index in [1.54, 1.807) is 31.4 Å². The van der Waals surface area contributed by atoms with Gasteiger partial charge in [0.05, 0.1) is 25.3 Å². The number of hydrogen-bond donors (Lipinski definition) is 2. The third-order valence-electron chi connectivity index (χ3n) is 5.87. The van der Waals surface area contributed by atoms with Crippen molar-refractivity contribution >= 4 is 34.3 Å². The van der Waals surface area contributed by atoms with E-state index in [2.05, 4.69) is 34.0 Å². The number of nitrogens with one attached hydrogen (secondary N) is 2. The summed E-state index contributed by atoms with van der Waals surface area (Å²) in [4.78, 5) is 35.5. The van der Waals surface area contributed by atoms with Gasteiger partial charge in [0.1, 0.15) is 17.1 Å². The van der Waals surface area contributed by atoms with Crippen LogP contribution in [0.1, 0.15) is 34.6 Å². The first kappa shape index (κ1) is 23.8. The monoisotopic (exact) mass is 472 g/mol. The van der Waals surface area contributed by atoms with Crippen molar-refractivity contribution in [1.29, 1.82) is 0 Å². The SMILES string of the molecule is CCN(CC)c1ccc(C(=O)Nc2cc(C(=O)OC)c3nc(-c4ccc(OC)cc4)[nH]c3c2)cc1. The van der Waals surface area contributed by atoms with Crippen LogP contribution in [0.3, 0.4) is 0 Å². The van der Waals surface area contributed by atoms with Crippen LogP contribution in [0.25, 0.3) is 22.4 Å². The minimum atomic E-state index is -0.539. The van der Waals surface area contributed by atoms with E-state index in [9.17, 15) is 9.59 Å². The molecule has 4 rings (SSSR count). The lowest BCUT2D eigenvalue weighted by molar-refractivity contribution is 0.0602. The van der Waals surface area contributed by atoms with Crippen molar-refractivity contribution in [2.45, 2.75) is 13.8 Å². The van der Waals surface area contributed by atoms with E-state index < -0.39 is 5.97 Å². The van der Waals surface area contributed by atoms with Gasteiger partial charge in [0, 0.05) is 35.6 Å². The zero-order valence-electron chi connectivity index (χ0n) is 20.2. The highest BCUT2D eigenvalue weighted by atomic mass is 16.5. The lowest BCUT2D eigenvalue weighted by atomic mass is 10.1. The number of nitrogens with zero attached hydrogens (tertiary/aromatic N) is 2. The number of esters is 1. The lowest BCUT2D eigenvalue weighted by Gasteiger charge is -2.21. The Morgan fingerprint density at radius 1 is 0.971 bits per heavy atom. The maximum Gasteiger partial charge on any atom is 0.340 e. The molecular formula is C27H28N4O4. The molecule has 1 heterocycles. The second-order valence-electron chi connectivity index (χ2n) is 7.90. The predicted molar refractivity (Wildman–Crippen MR) is 137 cm³/mol. The van der Waals surface area contributed by atoms with Crippen molar-refractivity contribution in [2.75, 3.05) is 37.5 Å². The quantitative estimate of drug-likeness (QED) is 0.346. The van der Waals surface area contributed by atoms with Gasteiger partial charge >= 0.3 is 5.97 Å². The third-order valence-corrected chi connectivity index (χ3v) is 5.87. The molecular weight excluding hydrogens is 444 g/mol. The molecule has 0 atom stereocenters. The summed E-state index contributed by atoms with van der Waals surface area (Å²) in [5, 5.41) is 2.89. The average molecular weight is 473 g/mol. The molecule has 0 saturated carbocycles. The Morgan fingerprint density at radius 2 is 1.66 bits per heavy atom. The van der Waals surface area contributed by atoms with Crippen LogP contribution in [0.4, 0.5) is 11.4 Å². The molecule has 180 valence electrons. The van der Waals surface area contributed by atoms with Crippen LogP contribution in [-0.4, -0.2) is 49.2 Å². The van der Waals surface area contributed by atoms with Gasteiger partial charge < -0.3 is 24.7 Å². The number of hydrogen-bond acceptors (Lipinski definition) is 6. The van der Waals surface area contributed by atoms with Crippen molar-refractivity contribution in [1.82, 2.24) is 9.97 Å². The van der Waals surface area contributed by atoms with Crippen molar-refractivity contribution in [3.05, 3.63) is 71.8 Å². The summed E-state index contributed by atoms with van der Waals surface area (Å²) in [6.45, 7) is 5.96. The first-order valence-corrected chi connectivity index (χ1v) is 11.4. The van der Waals surface area contributed by atoms with Crippen molar-refractivity contribution < 1.29 is 19.1 Å². The van der Waals surface area contributed by atoms with Crippen LogP contribution < -0.4 is 15.0 Å². The van der Waals surface area contributed by atoms with E-state index in [4.69, 9.17) is 9.47 Å². The number of H-pyrrole nitrogens is 1. The van der Waals surface area contributed by atoms with Crippen LogP contribution >= 0.6 is 0 Å². The van der Waals surface area contributed by atoms with Crippen LogP contribution in [0.2, 0.25) is 0 Å². The molecule has 0 aliphatic heterocycles. The minimum Gasteiger partial charge on any atom is -0.497 e. The van der Waals surface area contributed by atoms with E-state index >= 15 is 0 Å². The minimum absolute atomic E-state index is 0.258. The standard InChI is InChI=1S/C27H28N4O4/c1-5-31(6-2)20-11-7-18(8-12-20)26(32)28-19-15-22(27(33)35-4)24-23(16-19)29-25(30-24)17-9-13-21(34-3)14-10-17/h7-16H,5-6H2,1-4H3,(H,28,32)(H,29,30). The van der Waals surface area contributed by atoms with E-state index in [1.807, 2.05) is 36.4 Å². The maximum absolute atomic E-state index is 12.9. The molecule has 0 spiro atoms. The van der Waals surface area contributed by atoms with Gasteiger partial charge in [0.2, 0.25) is 0 Å². The van der Waals surface area contributed by atoms with Crippen LogP contribution in [0.5, 0.6) is 5.75 Å². The Balaban J connectivity index is 1.65. The first-order valence-electron chi connectivity index (χ1n) is 11.4. The number of rotatable bonds is 8. The predicted octanol–water partition coefficient (Wildman–Crippen LogP) is 5.12. The summed E-state index contributed by atoms with van der Waals surface area (Å²) >= 11 is 0. The molecule has 8 nitrogen and oxygen atoms in total. The second-order valence-corrected chi connectivity index (χ2v) is 7.90. The molecule has 3 aromatic carbocycles. The van der Waals surface area contributed by atoms with E-state index in [0.29, 0.717) is 28.1 Å². The molecule has 1 aromatic heterocycles. The Labute approximate surface area is 203 Å². The molecule has 0 radical (unpaired) electrons. The van der Waals surface area contributed by atoms with Crippen molar-refractivity contribution in [3.63, 3.8) is 0 Å². The summed E-state index contributed by atoms with van der Waals surface area (Å²) in [6.07, 6.45) is 0. The average Bonchev–Trinajstić information content (AvgIpc) is 3.33. The molecule has 35 heavy (non-hydrogen) atoms. The normalized spacial score (nSPS) is 10.7. The lowest BCUT2D eigenvalue weighted by Crippen LogP contribution is -2.21. The highest BCUT2D eigenvalue weighted by molar-refractivity contribution is 6.08. The largest absolute Gasteiger partial charge is 0.497 e. The zero-order chi connectivity index (χ0) is 24.9. The second kappa shape index (κ2) is 10.3. The summed E-state index contributed by atoms with van der Waals surface area (Å²) in [5.41, 5.74) is 4.19. The van der Waals surface area contributed by atoms with E-state index in [0.717, 1.165) is 30.1 Å². The fourth-order valence-electron chi connectivity index (χ4n) is 3.96. The van der Waals surface area contributed by atoms with Crippen LogP contribution in [-0.2, 0) is 4.74 Å². The van der Waals surface area contributed by atoms with Gasteiger partial charge in [0.25, 0.3) is 5.91 Å². The van der Waals surface area contributed by atoms with Gasteiger partial charge in [0.15, 0.2) is 0 Å². The number of ether oxygens (including phenoxy) is 2. The topological polar surface area (TPSA) is 96.6 Å². The van der Waals surface area contributed by atoms with Crippen molar-refractivity contribution in [2.24, 2.45) is 0 Å². The highest BCUT2D eigenvalue weighted by Crippen LogP contribution is 2.28. The zero-order valence-corrected chi connectivity index (χ0v) is 20.2. The number of aromatic nitrogens is 2. The molecule has 1 amide bonds. The Bertz CT molecular complexity index is 1340. The first-order chi connectivity index (χ1) is 17.0. The molecule has 0 saturated heterocycles. The van der Waals surface area contributed by atoms with E-state index in [1.165, 1.54) is 7.11 Å². The summed E-state index contributed by atoms with van der Waals surface area (Å²) in [7, 11) is 2.92. The highest BCUT2D eigenvalue weighted by Gasteiger charge is 2.18. The Morgan fingerprint density at radius 3 is 2.26 bits per heavy atom. The van der Waals surface area contributed by atoms with E-state index in [-0.39, 0.29) is 11.5 Å². The number of benzene rings is 3. The smallest absolute Gasteiger partial charge is 0.340 e. The number of aromatic amines is 1. The molecule has 2 N–H and O–H groups in total. The number of imidazole rings is 1. The van der Waals surface area contributed by atoms with Crippen LogP contribution in [0.15, 0.2) is 60.7 Å². The fourth-order valence-corrected chi connectivity index (χ4v) is 3.96. The Kier molecular flexibility index (Phi) is 7.01. The molecule has 0 aliphatic carbocycles. The number of carbonyl (C=O) groups is 2. The van der Waals surface area contributed by atoms with Gasteiger partial charge in [-0.05, 0) is 74.5 Å². The summed E-state index contributed by atoms with van der Waals surface area (Å²) in [5.74, 6) is 0.502. The summed E-state index contributed by atoms with van der Waals surface area (Å²) in [6, 6.07) is 18.2. The number of methoxy groups -OCH3 is 2. The van der Waals surface area contributed by atoms with Gasteiger partial charge in [-0.15, -0.1) is 0 Å². The number of anilines is 2. The van der Waals surface area contributed by atoms with Crippen molar-refractivity contribution in [3.8, 4) is 17.1 Å². The molecule has 0 aliphatic rings. The Hall–Kier alpha value is -4.33. The molecule has 0 fully saturated rings. The van der Waals surface area contributed by atoms with Gasteiger partial charge in [-0.2, -0.15) is 0 Å². The number of carbonyl (C=O) groups excluding carboxylic acids is 2. The molecule has 8 heteroatoms. The molecule has 0 bridgehead atoms. The molecule has 4 aromatic rings.